The number of hydrogen-bond acceptors (Lipinski definition) is 4. The van der Waals surface area contributed by atoms with Crippen molar-refractivity contribution in [2.45, 2.75) is 13.3 Å². The molecule has 1 rings (SSSR count). The molecule has 1 aromatic heterocycles. The average Bonchev–Trinajstić information content (AvgIpc) is 2.54. The number of nitrogens with two attached hydrogens (primary N) is 1. The summed E-state index contributed by atoms with van der Waals surface area (Å²) < 4.78 is 0. The molecule has 0 unspecified atom stereocenters. The lowest BCUT2D eigenvalue weighted by Gasteiger charge is -1.96. The molecule has 0 bridgehead atoms. The number of hydrogen-bond donors (Lipinski definition) is 2. The fourth-order valence-corrected chi connectivity index (χ4v) is 1.70. The van der Waals surface area contributed by atoms with Crippen LogP contribution < -0.4 is 11.1 Å². The van der Waals surface area contributed by atoms with E-state index in [-0.39, 0.29) is 5.91 Å². The Morgan fingerprint density at radius 3 is 3.15 bits per heavy atom. The normalized spacial score (nSPS) is 10.0. The van der Waals surface area contributed by atoms with Crippen LogP contribution >= 0.6 is 11.3 Å². The summed E-state index contributed by atoms with van der Waals surface area (Å²) in [5.41, 5.74) is 5.87. The molecule has 4 nitrogen and oxygen atoms in total. The highest BCUT2D eigenvalue weighted by molar-refractivity contribution is 7.09. The molecule has 13 heavy (non-hydrogen) atoms. The van der Waals surface area contributed by atoms with Crippen LogP contribution in [0.4, 0.5) is 0 Å². The van der Waals surface area contributed by atoms with E-state index in [4.69, 9.17) is 5.73 Å². The monoisotopic (exact) mass is 199 g/mol. The Morgan fingerprint density at radius 2 is 2.54 bits per heavy atom. The zero-order chi connectivity index (χ0) is 9.68. The van der Waals surface area contributed by atoms with Gasteiger partial charge >= 0.3 is 0 Å². The van der Waals surface area contributed by atoms with Crippen LogP contribution in [0.25, 0.3) is 0 Å². The van der Waals surface area contributed by atoms with Gasteiger partial charge in [-0.2, -0.15) is 0 Å². The lowest BCUT2D eigenvalue weighted by molar-refractivity contribution is 0.0951. The van der Waals surface area contributed by atoms with Crippen molar-refractivity contribution >= 4 is 17.2 Å². The molecule has 0 spiro atoms. The molecule has 0 aromatic carbocycles. The van der Waals surface area contributed by atoms with Crippen molar-refractivity contribution in [1.29, 1.82) is 0 Å². The van der Waals surface area contributed by atoms with E-state index in [9.17, 15) is 4.79 Å². The highest BCUT2D eigenvalue weighted by Gasteiger charge is 2.08. The third-order valence-corrected chi connectivity index (χ3v) is 2.39. The van der Waals surface area contributed by atoms with E-state index in [2.05, 4.69) is 10.3 Å². The maximum Gasteiger partial charge on any atom is 0.270 e. The molecule has 1 aromatic rings. The largest absolute Gasteiger partial charge is 0.351 e. The van der Waals surface area contributed by atoms with E-state index in [0.29, 0.717) is 18.8 Å². The van der Waals surface area contributed by atoms with Gasteiger partial charge in [-0.15, -0.1) is 11.3 Å². The molecular weight excluding hydrogens is 186 g/mol. The van der Waals surface area contributed by atoms with Crippen molar-refractivity contribution in [2.75, 3.05) is 13.1 Å². The molecular formula is C8H13N3OS. The standard InChI is InChI=1S/C8H13N3OS/c1-2-10-8(12)6-5-13-7(11-6)3-4-9/h5H,2-4,9H2,1H3,(H,10,12). The Labute approximate surface area is 81.2 Å². The van der Waals surface area contributed by atoms with E-state index < -0.39 is 0 Å². The molecule has 72 valence electrons. The lowest BCUT2D eigenvalue weighted by Crippen LogP contribution is -2.22. The summed E-state index contributed by atoms with van der Waals surface area (Å²) in [6.07, 6.45) is 0.740. The second-order valence-electron chi connectivity index (χ2n) is 2.52. The van der Waals surface area contributed by atoms with Crippen molar-refractivity contribution in [1.82, 2.24) is 10.3 Å². The van der Waals surface area contributed by atoms with Crippen LogP contribution in [0.3, 0.4) is 0 Å². The molecule has 1 heterocycles. The van der Waals surface area contributed by atoms with Crippen molar-refractivity contribution < 1.29 is 4.79 Å². The number of nitrogens with one attached hydrogen (secondary N) is 1. The summed E-state index contributed by atoms with van der Waals surface area (Å²) in [6, 6.07) is 0. The Balaban J connectivity index is 2.62. The number of nitrogens with zero attached hydrogens (tertiary/aromatic N) is 1. The first kappa shape index (κ1) is 10.1. The van der Waals surface area contributed by atoms with Crippen molar-refractivity contribution in [3.8, 4) is 0 Å². The summed E-state index contributed by atoms with van der Waals surface area (Å²) in [5, 5.41) is 5.37. The number of rotatable bonds is 4. The average molecular weight is 199 g/mol. The van der Waals surface area contributed by atoms with E-state index in [0.717, 1.165) is 11.4 Å². The van der Waals surface area contributed by atoms with Crippen LogP contribution in [0.2, 0.25) is 0 Å². The van der Waals surface area contributed by atoms with Gasteiger partial charge in [0.05, 0.1) is 5.01 Å². The van der Waals surface area contributed by atoms with E-state index in [1.165, 1.54) is 11.3 Å². The van der Waals surface area contributed by atoms with Crippen LogP contribution in [0, 0.1) is 0 Å². The Hall–Kier alpha value is -0.940. The van der Waals surface area contributed by atoms with Gasteiger partial charge in [0.1, 0.15) is 5.69 Å². The smallest absolute Gasteiger partial charge is 0.270 e. The topological polar surface area (TPSA) is 68.0 Å². The Morgan fingerprint density at radius 1 is 1.77 bits per heavy atom. The second-order valence-corrected chi connectivity index (χ2v) is 3.47. The molecule has 0 aliphatic rings. The first-order valence-corrected chi connectivity index (χ1v) is 5.08. The van der Waals surface area contributed by atoms with Crippen LogP contribution in [-0.2, 0) is 6.42 Å². The number of carbonyl (C=O) groups is 1. The first-order valence-electron chi connectivity index (χ1n) is 4.20. The lowest BCUT2D eigenvalue weighted by atomic mass is 10.4. The summed E-state index contributed by atoms with van der Waals surface area (Å²) >= 11 is 1.48. The van der Waals surface area contributed by atoms with Gasteiger partial charge in [-0.25, -0.2) is 4.98 Å². The van der Waals surface area contributed by atoms with E-state index in [1.807, 2.05) is 6.92 Å². The van der Waals surface area contributed by atoms with Gasteiger partial charge in [-0.05, 0) is 13.5 Å². The molecule has 3 N–H and O–H groups in total. The van der Waals surface area contributed by atoms with Gasteiger partial charge < -0.3 is 11.1 Å². The van der Waals surface area contributed by atoms with Gasteiger partial charge in [0, 0.05) is 18.3 Å². The Bertz CT molecular complexity index is 285. The number of aromatic nitrogens is 1. The number of amides is 1. The van der Waals surface area contributed by atoms with Crippen LogP contribution in [0.15, 0.2) is 5.38 Å². The zero-order valence-corrected chi connectivity index (χ0v) is 8.36. The molecule has 5 heteroatoms. The van der Waals surface area contributed by atoms with Crippen molar-refractivity contribution in [2.24, 2.45) is 5.73 Å². The fraction of sp³-hybridized carbons (Fsp3) is 0.500. The summed E-state index contributed by atoms with van der Waals surface area (Å²) in [4.78, 5) is 15.4. The molecule has 0 atom stereocenters. The predicted molar refractivity (Wildman–Crippen MR) is 52.9 cm³/mol. The van der Waals surface area contributed by atoms with Gasteiger partial charge in [0.25, 0.3) is 5.91 Å². The molecule has 0 aliphatic carbocycles. The minimum absolute atomic E-state index is 0.109. The van der Waals surface area contributed by atoms with Crippen molar-refractivity contribution in [3.63, 3.8) is 0 Å². The van der Waals surface area contributed by atoms with Crippen LogP contribution in [0.1, 0.15) is 22.4 Å². The van der Waals surface area contributed by atoms with Crippen LogP contribution in [0.5, 0.6) is 0 Å². The third-order valence-electron chi connectivity index (χ3n) is 1.48. The van der Waals surface area contributed by atoms with Gasteiger partial charge in [-0.3, -0.25) is 4.79 Å². The Kier molecular flexibility index (Phi) is 3.85. The van der Waals surface area contributed by atoms with Crippen LogP contribution in [-0.4, -0.2) is 24.0 Å². The molecule has 0 saturated carbocycles. The molecule has 0 saturated heterocycles. The van der Waals surface area contributed by atoms with E-state index >= 15 is 0 Å². The van der Waals surface area contributed by atoms with E-state index in [1.54, 1.807) is 5.38 Å². The number of carbonyl (C=O) groups excluding carboxylic acids is 1. The second kappa shape index (κ2) is 4.94. The maximum atomic E-state index is 11.3. The van der Waals surface area contributed by atoms with Crippen molar-refractivity contribution in [3.05, 3.63) is 16.1 Å². The summed E-state index contributed by atoms with van der Waals surface area (Å²) in [6.45, 7) is 3.08. The third kappa shape index (κ3) is 2.78. The minimum Gasteiger partial charge on any atom is -0.351 e. The summed E-state index contributed by atoms with van der Waals surface area (Å²) in [5.74, 6) is -0.109. The quantitative estimate of drug-likeness (QED) is 0.737. The predicted octanol–water partition coefficient (Wildman–Crippen LogP) is 0.394. The van der Waals surface area contributed by atoms with Gasteiger partial charge in [0.2, 0.25) is 0 Å². The zero-order valence-electron chi connectivity index (χ0n) is 7.54. The van der Waals surface area contributed by atoms with Gasteiger partial charge in [-0.1, -0.05) is 0 Å². The molecule has 0 aliphatic heterocycles. The first-order chi connectivity index (χ1) is 6.27. The minimum atomic E-state index is -0.109. The maximum absolute atomic E-state index is 11.3. The number of thiazole rings is 1. The highest BCUT2D eigenvalue weighted by atomic mass is 32.1. The molecule has 0 radical (unpaired) electrons. The summed E-state index contributed by atoms with van der Waals surface area (Å²) in [7, 11) is 0. The fourth-order valence-electron chi connectivity index (χ4n) is 0.905. The SMILES string of the molecule is CCNC(=O)c1csc(CCN)n1. The molecule has 0 fully saturated rings. The van der Waals surface area contributed by atoms with Gasteiger partial charge in [0.15, 0.2) is 0 Å². The highest BCUT2D eigenvalue weighted by Crippen LogP contribution is 2.09. The molecule has 1 amide bonds.